The standard InChI is InChI=1S/C12H15N5OS/c1-9(12-14-16-17-15-12)13-11(18)7-8-19-10-5-3-2-4-6-10/h2-6,9H,7-8H2,1H3,(H,13,18)(H,14,15,16,17). The number of aromatic amines is 1. The van der Waals surface area contributed by atoms with Crippen molar-refractivity contribution in [2.24, 2.45) is 0 Å². The van der Waals surface area contributed by atoms with Gasteiger partial charge in [-0.1, -0.05) is 23.4 Å². The van der Waals surface area contributed by atoms with Crippen LogP contribution in [0.3, 0.4) is 0 Å². The average molecular weight is 277 g/mol. The van der Waals surface area contributed by atoms with Gasteiger partial charge in [-0.05, 0) is 19.1 Å². The van der Waals surface area contributed by atoms with Crippen LogP contribution in [0.5, 0.6) is 0 Å². The zero-order chi connectivity index (χ0) is 13.5. The van der Waals surface area contributed by atoms with Crippen LogP contribution in [-0.4, -0.2) is 32.3 Å². The predicted molar refractivity (Wildman–Crippen MR) is 72.5 cm³/mol. The van der Waals surface area contributed by atoms with Crippen LogP contribution in [0.1, 0.15) is 25.2 Å². The third kappa shape index (κ3) is 4.36. The van der Waals surface area contributed by atoms with Gasteiger partial charge in [-0.2, -0.15) is 5.21 Å². The second-order valence-corrected chi connectivity index (χ2v) is 5.14. The fraction of sp³-hybridized carbons (Fsp3) is 0.333. The highest BCUT2D eigenvalue weighted by molar-refractivity contribution is 7.99. The molecule has 19 heavy (non-hydrogen) atoms. The van der Waals surface area contributed by atoms with Gasteiger partial charge < -0.3 is 5.32 Å². The molecule has 100 valence electrons. The van der Waals surface area contributed by atoms with Crippen LogP contribution in [0.15, 0.2) is 35.2 Å². The van der Waals surface area contributed by atoms with Crippen molar-refractivity contribution in [2.45, 2.75) is 24.3 Å². The summed E-state index contributed by atoms with van der Waals surface area (Å²) in [6.07, 6.45) is 0.460. The lowest BCUT2D eigenvalue weighted by molar-refractivity contribution is -0.121. The molecule has 0 saturated heterocycles. The topological polar surface area (TPSA) is 83.6 Å². The molecule has 0 aliphatic carbocycles. The van der Waals surface area contributed by atoms with Crippen molar-refractivity contribution in [3.05, 3.63) is 36.2 Å². The van der Waals surface area contributed by atoms with Crippen LogP contribution in [-0.2, 0) is 4.79 Å². The second-order valence-electron chi connectivity index (χ2n) is 3.97. The average Bonchev–Trinajstić information content (AvgIpc) is 2.94. The summed E-state index contributed by atoms with van der Waals surface area (Å²) >= 11 is 1.66. The third-order valence-corrected chi connectivity index (χ3v) is 3.48. The molecule has 0 saturated carbocycles. The number of carbonyl (C=O) groups is 1. The lowest BCUT2D eigenvalue weighted by atomic mass is 10.3. The summed E-state index contributed by atoms with van der Waals surface area (Å²) < 4.78 is 0. The highest BCUT2D eigenvalue weighted by atomic mass is 32.2. The Morgan fingerprint density at radius 2 is 2.21 bits per heavy atom. The van der Waals surface area contributed by atoms with E-state index in [1.165, 1.54) is 4.90 Å². The fourth-order valence-corrected chi connectivity index (χ4v) is 2.38. The number of aromatic nitrogens is 4. The summed E-state index contributed by atoms with van der Waals surface area (Å²) in [5.41, 5.74) is 0. The predicted octanol–water partition coefficient (Wildman–Crippen LogP) is 1.56. The van der Waals surface area contributed by atoms with Gasteiger partial charge in [-0.15, -0.1) is 22.0 Å². The minimum absolute atomic E-state index is 0.0132. The van der Waals surface area contributed by atoms with Crippen molar-refractivity contribution in [1.82, 2.24) is 25.9 Å². The van der Waals surface area contributed by atoms with Gasteiger partial charge in [-0.3, -0.25) is 4.79 Å². The van der Waals surface area contributed by atoms with Gasteiger partial charge in [0.25, 0.3) is 0 Å². The molecule has 1 aromatic carbocycles. The lowest BCUT2D eigenvalue weighted by Crippen LogP contribution is -2.27. The van der Waals surface area contributed by atoms with Gasteiger partial charge in [0.1, 0.15) is 0 Å². The van der Waals surface area contributed by atoms with E-state index in [2.05, 4.69) is 25.9 Å². The van der Waals surface area contributed by atoms with E-state index >= 15 is 0 Å². The van der Waals surface area contributed by atoms with Crippen LogP contribution < -0.4 is 5.32 Å². The molecule has 1 amide bonds. The van der Waals surface area contributed by atoms with Gasteiger partial charge in [0.15, 0.2) is 5.82 Å². The van der Waals surface area contributed by atoms with Gasteiger partial charge in [0, 0.05) is 17.1 Å². The zero-order valence-electron chi connectivity index (χ0n) is 10.5. The number of nitrogens with one attached hydrogen (secondary N) is 2. The number of benzene rings is 1. The number of nitrogens with zero attached hydrogens (tertiary/aromatic N) is 3. The molecule has 0 radical (unpaired) electrons. The fourth-order valence-electron chi connectivity index (χ4n) is 1.51. The Balaban J connectivity index is 1.70. The number of amides is 1. The first-order valence-electron chi connectivity index (χ1n) is 5.96. The van der Waals surface area contributed by atoms with E-state index in [0.29, 0.717) is 12.2 Å². The molecule has 0 spiro atoms. The molecule has 1 heterocycles. The smallest absolute Gasteiger partial charge is 0.221 e. The van der Waals surface area contributed by atoms with E-state index in [0.717, 1.165) is 5.75 Å². The number of thioether (sulfide) groups is 1. The zero-order valence-corrected chi connectivity index (χ0v) is 11.4. The van der Waals surface area contributed by atoms with Crippen LogP contribution in [0.25, 0.3) is 0 Å². The number of carbonyl (C=O) groups excluding carboxylic acids is 1. The van der Waals surface area contributed by atoms with Gasteiger partial charge >= 0.3 is 0 Å². The molecule has 0 aliphatic rings. The number of tetrazole rings is 1. The Morgan fingerprint density at radius 1 is 1.42 bits per heavy atom. The molecule has 6 nitrogen and oxygen atoms in total. The summed E-state index contributed by atoms with van der Waals surface area (Å²) in [5.74, 6) is 1.22. The monoisotopic (exact) mass is 277 g/mol. The van der Waals surface area contributed by atoms with Crippen LogP contribution in [0, 0.1) is 0 Å². The van der Waals surface area contributed by atoms with Crippen LogP contribution >= 0.6 is 11.8 Å². The van der Waals surface area contributed by atoms with Crippen molar-refractivity contribution in [2.75, 3.05) is 5.75 Å². The molecule has 0 fully saturated rings. The van der Waals surface area contributed by atoms with E-state index in [4.69, 9.17) is 0 Å². The highest BCUT2D eigenvalue weighted by Gasteiger charge is 2.12. The van der Waals surface area contributed by atoms with E-state index in [-0.39, 0.29) is 11.9 Å². The molecule has 0 bridgehead atoms. The van der Waals surface area contributed by atoms with Gasteiger partial charge in [0.2, 0.25) is 5.91 Å². The SMILES string of the molecule is CC(NC(=O)CCSc1ccccc1)c1nn[nH]n1. The molecule has 2 N–H and O–H groups in total. The van der Waals surface area contributed by atoms with Crippen molar-refractivity contribution >= 4 is 17.7 Å². The maximum Gasteiger partial charge on any atom is 0.221 e. The number of hydrogen-bond donors (Lipinski definition) is 2. The molecule has 1 atom stereocenters. The quantitative estimate of drug-likeness (QED) is 0.783. The summed E-state index contributed by atoms with van der Waals surface area (Å²) in [5, 5.41) is 16.3. The molecular weight excluding hydrogens is 262 g/mol. The number of H-pyrrole nitrogens is 1. The normalized spacial score (nSPS) is 12.1. The van der Waals surface area contributed by atoms with Crippen LogP contribution in [0.2, 0.25) is 0 Å². The largest absolute Gasteiger partial charge is 0.346 e. The first-order chi connectivity index (χ1) is 9.25. The maximum atomic E-state index is 11.7. The summed E-state index contributed by atoms with van der Waals surface area (Å²) in [4.78, 5) is 12.9. The third-order valence-electron chi connectivity index (χ3n) is 2.47. The molecule has 0 aliphatic heterocycles. The molecule has 2 aromatic rings. The Labute approximate surface area is 115 Å². The summed E-state index contributed by atoms with van der Waals surface area (Å²) in [6, 6.07) is 9.78. The van der Waals surface area contributed by atoms with Gasteiger partial charge in [-0.25, -0.2) is 0 Å². The number of hydrogen-bond acceptors (Lipinski definition) is 5. The first-order valence-corrected chi connectivity index (χ1v) is 6.95. The Kier molecular flexibility index (Phi) is 4.91. The molecule has 1 aromatic heterocycles. The minimum atomic E-state index is -0.229. The summed E-state index contributed by atoms with van der Waals surface area (Å²) in [6.45, 7) is 1.83. The van der Waals surface area contributed by atoms with Crippen molar-refractivity contribution < 1.29 is 4.79 Å². The molecule has 2 rings (SSSR count). The molecule has 1 unspecified atom stereocenters. The van der Waals surface area contributed by atoms with Crippen molar-refractivity contribution in [1.29, 1.82) is 0 Å². The summed E-state index contributed by atoms with van der Waals surface area (Å²) in [7, 11) is 0. The molecule has 7 heteroatoms. The van der Waals surface area contributed by atoms with Crippen molar-refractivity contribution in [3.63, 3.8) is 0 Å². The maximum absolute atomic E-state index is 11.7. The number of rotatable bonds is 6. The Morgan fingerprint density at radius 3 is 2.89 bits per heavy atom. The van der Waals surface area contributed by atoms with Gasteiger partial charge in [0.05, 0.1) is 6.04 Å². The Bertz CT molecular complexity index is 502. The van der Waals surface area contributed by atoms with E-state index in [1.54, 1.807) is 11.8 Å². The van der Waals surface area contributed by atoms with E-state index in [1.807, 2.05) is 37.3 Å². The van der Waals surface area contributed by atoms with Crippen LogP contribution in [0.4, 0.5) is 0 Å². The minimum Gasteiger partial charge on any atom is -0.346 e. The lowest BCUT2D eigenvalue weighted by Gasteiger charge is -2.09. The van der Waals surface area contributed by atoms with E-state index < -0.39 is 0 Å². The molecular formula is C12H15N5OS. The Hall–Kier alpha value is -1.89. The van der Waals surface area contributed by atoms with E-state index in [9.17, 15) is 4.79 Å². The highest BCUT2D eigenvalue weighted by Crippen LogP contribution is 2.17. The second kappa shape index (κ2) is 6.89. The van der Waals surface area contributed by atoms with Crippen molar-refractivity contribution in [3.8, 4) is 0 Å². The first kappa shape index (κ1) is 13.5.